The van der Waals surface area contributed by atoms with E-state index in [1.54, 1.807) is 39.8 Å². The Labute approximate surface area is 204 Å². The molecule has 1 N–H and O–H groups in total. The number of carbonyl (C=O) groups excluding carboxylic acids is 1. The Morgan fingerprint density at radius 1 is 1.06 bits per heavy atom. The molecule has 1 fully saturated rings. The van der Waals surface area contributed by atoms with Gasteiger partial charge in [-0.25, -0.2) is 4.79 Å². The van der Waals surface area contributed by atoms with E-state index in [9.17, 15) is 22.8 Å². The van der Waals surface area contributed by atoms with E-state index in [0.29, 0.717) is 42.0 Å². The number of benzene rings is 2. The lowest BCUT2D eigenvalue weighted by molar-refractivity contribution is -0.274. The maximum Gasteiger partial charge on any atom is 0.573 e. The SMILES string of the molecule is N#Cc1cccc(NC(=O)N2C[C@@H]3C[C@H](C2)c2ccc(-c4ccc(OC(F)(F)F)cc4)c(=O)n2C3)c1. The number of ether oxygens (including phenoxy) is 1. The van der Waals surface area contributed by atoms with Crippen molar-refractivity contribution < 1.29 is 22.7 Å². The van der Waals surface area contributed by atoms with E-state index in [2.05, 4.69) is 10.1 Å². The molecule has 1 aromatic heterocycles. The first kappa shape index (κ1) is 23.5. The summed E-state index contributed by atoms with van der Waals surface area (Å²) in [6.45, 7) is 1.38. The molecule has 2 atom stereocenters. The van der Waals surface area contributed by atoms with Crippen LogP contribution in [0.5, 0.6) is 5.75 Å². The molecule has 7 nitrogen and oxygen atoms in total. The second kappa shape index (κ2) is 9.07. The third kappa shape index (κ3) is 4.77. The smallest absolute Gasteiger partial charge is 0.406 e. The topological polar surface area (TPSA) is 87.4 Å². The molecule has 2 bridgehead atoms. The van der Waals surface area contributed by atoms with Crippen LogP contribution in [0, 0.1) is 17.2 Å². The van der Waals surface area contributed by atoms with Crippen molar-refractivity contribution in [1.82, 2.24) is 9.47 Å². The number of alkyl halides is 3. The number of aromatic nitrogens is 1. The zero-order valence-electron chi connectivity index (χ0n) is 19.0. The van der Waals surface area contributed by atoms with Crippen molar-refractivity contribution >= 4 is 11.7 Å². The molecule has 2 amide bonds. The van der Waals surface area contributed by atoms with Gasteiger partial charge in [-0.3, -0.25) is 4.79 Å². The van der Waals surface area contributed by atoms with E-state index in [1.807, 2.05) is 12.1 Å². The quantitative estimate of drug-likeness (QED) is 0.559. The highest BCUT2D eigenvalue weighted by molar-refractivity contribution is 5.89. The Hall–Kier alpha value is -4.26. The number of nitrogens with one attached hydrogen (secondary N) is 1. The average molecular weight is 494 g/mol. The molecule has 0 aliphatic carbocycles. The molecule has 0 saturated carbocycles. The zero-order chi connectivity index (χ0) is 25.4. The number of likely N-dealkylation sites (tertiary alicyclic amines) is 1. The second-order valence-electron chi connectivity index (χ2n) is 8.99. The highest BCUT2D eigenvalue weighted by atomic mass is 19.4. The van der Waals surface area contributed by atoms with E-state index >= 15 is 0 Å². The minimum Gasteiger partial charge on any atom is -0.406 e. The Bertz CT molecular complexity index is 1410. The number of pyridine rings is 1. The van der Waals surface area contributed by atoms with Gasteiger partial charge in [-0.1, -0.05) is 18.2 Å². The van der Waals surface area contributed by atoms with Gasteiger partial charge < -0.3 is 19.5 Å². The molecular weight excluding hydrogens is 473 g/mol. The van der Waals surface area contributed by atoms with Crippen LogP contribution in [0.4, 0.5) is 23.7 Å². The zero-order valence-corrected chi connectivity index (χ0v) is 19.0. The fraction of sp³-hybridized carbons (Fsp3) is 0.269. The fourth-order valence-corrected chi connectivity index (χ4v) is 5.04. The van der Waals surface area contributed by atoms with Crippen LogP contribution in [0.25, 0.3) is 11.1 Å². The lowest BCUT2D eigenvalue weighted by atomic mass is 9.83. The summed E-state index contributed by atoms with van der Waals surface area (Å²) >= 11 is 0. The molecule has 5 rings (SSSR count). The molecule has 3 aromatic rings. The van der Waals surface area contributed by atoms with Crippen molar-refractivity contribution in [1.29, 1.82) is 5.26 Å². The van der Waals surface area contributed by atoms with Crippen LogP contribution in [-0.4, -0.2) is 34.9 Å². The standard InChI is InChI=1S/C26H21F3N4O3/c27-26(28,29)36-21-6-4-18(5-7-21)22-8-9-23-19-10-17(14-33(23)24(22)34)13-32(15-19)25(35)31-20-3-1-2-16(11-20)12-30/h1-9,11,17,19H,10,13-15H2,(H,31,35)/t17-,19+/m0/s1. The number of urea groups is 1. The lowest BCUT2D eigenvalue weighted by Crippen LogP contribution is -2.50. The van der Waals surface area contributed by atoms with Crippen LogP contribution < -0.4 is 15.6 Å². The van der Waals surface area contributed by atoms with Gasteiger partial charge in [-0.05, 0) is 60.4 Å². The molecule has 10 heteroatoms. The Balaban J connectivity index is 1.34. The number of fused-ring (bicyclic) bond motifs is 4. The number of anilines is 1. The van der Waals surface area contributed by atoms with Gasteiger partial charge in [0.05, 0.1) is 11.6 Å². The van der Waals surface area contributed by atoms with Gasteiger partial charge in [-0.15, -0.1) is 13.2 Å². The Kier molecular flexibility index (Phi) is 5.92. The van der Waals surface area contributed by atoms with E-state index in [0.717, 1.165) is 12.1 Å². The first-order chi connectivity index (χ1) is 17.2. The van der Waals surface area contributed by atoms with Gasteiger partial charge in [0.25, 0.3) is 5.56 Å². The van der Waals surface area contributed by atoms with Crippen molar-refractivity contribution in [3.63, 3.8) is 0 Å². The second-order valence-corrected chi connectivity index (χ2v) is 8.99. The summed E-state index contributed by atoms with van der Waals surface area (Å²) in [5.74, 6) is -0.280. The monoisotopic (exact) mass is 494 g/mol. The molecule has 1 saturated heterocycles. The van der Waals surface area contributed by atoms with E-state index < -0.39 is 6.36 Å². The largest absolute Gasteiger partial charge is 0.573 e. The number of halogens is 3. The van der Waals surface area contributed by atoms with Crippen LogP contribution in [0.15, 0.2) is 65.5 Å². The average Bonchev–Trinajstić information content (AvgIpc) is 2.84. The summed E-state index contributed by atoms with van der Waals surface area (Å²) in [4.78, 5) is 28.0. The van der Waals surface area contributed by atoms with E-state index in [-0.39, 0.29) is 29.2 Å². The molecule has 0 radical (unpaired) electrons. The van der Waals surface area contributed by atoms with Crippen molar-refractivity contribution in [2.45, 2.75) is 25.2 Å². The van der Waals surface area contributed by atoms with Gasteiger partial charge in [-0.2, -0.15) is 5.26 Å². The maximum atomic E-state index is 13.3. The van der Waals surface area contributed by atoms with Gasteiger partial charge in [0.2, 0.25) is 0 Å². The van der Waals surface area contributed by atoms with Gasteiger partial charge in [0.1, 0.15) is 5.75 Å². The summed E-state index contributed by atoms with van der Waals surface area (Å²) < 4.78 is 42.9. The number of nitriles is 1. The number of nitrogens with zero attached hydrogens (tertiary/aromatic N) is 3. The third-order valence-corrected chi connectivity index (χ3v) is 6.53. The fourth-order valence-electron chi connectivity index (χ4n) is 5.04. The molecule has 0 unspecified atom stereocenters. The summed E-state index contributed by atoms with van der Waals surface area (Å²) in [6.07, 6.45) is -3.92. The highest BCUT2D eigenvalue weighted by Crippen LogP contribution is 2.36. The summed E-state index contributed by atoms with van der Waals surface area (Å²) in [5.41, 5.74) is 2.52. The van der Waals surface area contributed by atoms with Crippen molar-refractivity contribution in [2.24, 2.45) is 5.92 Å². The number of amides is 2. The minimum absolute atomic E-state index is 0.0157. The predicted molar refractivity (Wildman–Crippen MR) is 125 cm³/mol. The van der Waals surface area contributed by atoms with E-state index in [1.165, 1.54) is 24.3 Å². The van der Waals surface area contributed by atoms with Crippen molar-refractivity contribution in [3.8, 4) is 22.9 Å². The first-order valence-electron chi connectivity index (χ1n) is 11.4. The maximum absolute atomic E-state index is 13.3. The predicted octanol–water partition coefficient (Wildman–Crippen LogP) is 4.94. The molecule has 2 aliphatic rings. The summed E-state index contributed by atoms with van der Waals surface area (Å²) in [5, 5.41) is 11.9. The highest BCUT2D eigenvalue weighted by Gasteiger charge is 2.37. The Morgan fingerprint density at radius 3 is 2.56 bits per heavy atom. The van der Waals surface area contributed by atoms with Crippen LogP contribution >= 0.6 is 0 Å². The summed E-state index contributed by atoms with van der Waals surface area (Å²) in [6, 6.07) is 17.3. The number of piperidine rings is 1. The lowest BCUT2D eigenvalue weighted by Gasteiger charge is -2.42. The number of rotatable bonds is 3. The minimum atomic E-state index is -4.78. The molecule has 0 spiro atoms. The third-order valence-electron chi connectivity index (χ3n) is 6.53. The van der Waals surface area contributed by atoms with Crippen LogP contribution in [0.3, 0.4) is 0 Å². The van der Waals surface area contributed by atoms with Gasteiger partial charge in [0, 0.05) is 42.5 Å². The summed E-state index contributed by atoms with van der Waals surface area (Å²) in [7, 11) is 0. The molecule has 36 heavy (non-hydrogen) atoms. The van der Waals surface area contributed by atoms with Crippen molar-refractivity contribution in [2.75, 3.05) is 18.4 Å². The number of hydrogen-bond acceptors (Lipinski definition) is 4. The number of carbonyl (C=O) groups is 1. The normalized spacial score (nSPS) is 18.7. The molecule has 2 aromatic carbocycles. The molecule has 184 valence electrons. The van der Waals surface area contributed by atoms with Crippen LogP contribution in [-0.2, 0) is 6.54 Å². The van der Waals surface area contributed by atoms with Gasteiger partial charge in [0.15, 0.2) is 0 Å². The van der Waals surface area contributed by atoms with Crippen LogP contribution in [0.2, 0.25) is 0 Å². The van der Waals surface area contributed by atoms with Crippen molar-refractivity contribution in [3.05, 3.63) is 82.3 Å². The molecule has 2 aliphatic heterocycles. The van der Waals surface area contributed by atoms with Gasteiger partial charge >= 0.3 is 12.4 Å². The molecule has 3 heterocycles. The van der Waals surface area contributed by atoms with E-state index in [4.69, 9.17) is 5.26 Å². The Morgan fingerprint density at radius 2 is 1.83 bits per heavy atom. The molecular formula is C26H21F3N4O3. The van der Waals surface area contributed by atoms with Crippen LogP contribution in [0.1, 0.15) is 23.6 Å². The first-order valence-corrected chi connectivity index (χ1v) is 11.4. The number of hydrogen-bond donors (Lipinski definition) is 1.